The van der Waals surface area contributed by atoms with Crippen molar-refractivity contribution in [1.29, 1.82) is 0 Å². The van der Waals surface area contributed by atoms with Gasteiger partial charge in [0, 0.05) is 6.42 Å². The number of unbranched alkanes of at least 4 members (excludes halogenated alkanes) is 8. The molecule has 3 aliphatic heterocycles. The summed E-state index contributed by atoms with van der Waals surface area (Å²) >= 11 is 0.580. The number of esters is 1. The Balaban J connectivity index is 1.10. The van der Waals surface area contributed by atoms with E-state index in [1.807, 2.05) is 0 Å². The molecule has 0 aromatic carbocycles. The third-order valence-electron chi connectivity index (χ3n) is 10.5. The van der Waals surface area contributed by atoms with Gasteiger partial charge in [-0.25, -0.2) is 38.3 Å². The molecule has 7 heterocycles. The number of H-pyrrole nitrogens is 1. The van der Waals surface area contributed by atoms with Crippen LogP contribution in [-0.2, 0) is 46.4 Å². The molecule has 21 nitrogen and oxygen atoms in total. The molecule has 0 spiro atoms. The van der Waals surface area contributed by atoms with Crippen molar-refractivity contribution in [2.45, 2.75) is 127 Å². The maximum Gasteiger partial charge on any atom is 0.472 e. The van der Waals surface area contributed by atoms with Crippen molar-refractivity contribution >= 4 is 59.9 Å². The van der Waals surface area contributed by atoms with Gasteiger partial charge in [-0.3, -0.25) is 32.3 Å². The first kappa shape index (κ1) is 45.6. The van der Waals surface area contributed by atoms with Crippen LogP contribution >= 0.6 is 25.8 Å². The van der Waals surface area contributed by atoms with Crippen molar-refractivity contribution in [3.63, 3.8) is 0 Å². The topological polar surface area (TPSA) is 269 Å². The van der Waals surface area contributed by atoms with Gasteiger partial charge in [-0.15, -0.1) is 0 Å². The predicted octanol–water partition coefficient (Wildman–Crippen LogP) is 5.54. The van der Waals surface area contributed by atoms with Crippen molar-refractivity contribution in [2.24, 2.45) is 0 Å². The Morgan fingerprint density at radius 1 is 0.918 bits per heavy atom. The summed E-state index contributed by atoms with van der Waals surface area (Å²) < 4.78 is 103. The molecular weight excluding hydrogens is 870 g/mol. The number of ether oxygens (including phenoxy) is 4. The second-order valence-electron chi connectivity index (χ2n) is 14.9. The molecule has 336 valence electrons. The van der Waals surface area contributed by atoms with E-state index in [2.05, 4.69) is 36.8 Å². The predicted molar refractivity (Wildman–Crippen MR) is 215 cm³/mol. The second kappa shape index (κ2) is 19.9. The van der Waals surface area contributed by atoms with Gasteiger partial charge in [0.2, 0.25) is 0 Å². The van der Waals surface area contributed by atoms with Crippen LogP contribution < -0.4 is 11.3 Å². The molecule has 26 heteroatoms. The molecule has 10 atom stereocenters. The maximum absolute atomic E-state index is 16.5. The Labute approximate surface area is 351 Å². The Kier molecular flexibility index (Phi) is 14.9. The molecule has 4 aromatic heterocycles. The highest BCUT2D eigenvalue weighted by Crippen LogP contribution is 2.61. The summed E-state index contributed by atoms with van der Waals surface area (Å²) in [7, 11) is -5.23. The Morgan fingerprint density at radius 3 is 2.34 bits per heavy atom. The van der Waals surface area contributed by atoms with E-state index in [1.54, 1.807) is 0 Å². The number of phosphoric ester groups is 1. The van der Waals surface area contributed by atoms with Gasteiger partial charge in [0.15, 0.2) is 47.4 Å². The van der Waals surface area contributed by atoms with E-state index < -0.39 is 101 Å². The molecule has 2 unspecified atom stereocenters. The lowest BCUT2D eigenvalue weighted by atomic mass is 10.1. The van der Waals surface area contributed by atoms with Crippen LogP contribution in [0.3, 0.4) is 0 Å². The molecule has 7 rings (SSSR count). The fourth-order valence-corrected chi connectivity index (χ4v) is 11.0. The van der Waals surface area contributed by atoms with Gasteiger partial charge in [0.25, 0.3) is 12.1 Å². The molecule has 4 aromatic rings. The van der Waals surface area contributed by atoms with Crippen LogP contribution in [0.4, 0.5) is 14.6 Å². The Morgan fingerprint density at radius 2 is 1.59 bits per heavy atom. The van der Waals surface area contributed by atoms with Crippen LogP contribution in [-0.4, -0.2) is 112 Å². The van der Waals surface area contributed by atoms with Crippen LogP contribution in [0.15, 0.2) is 23.8 Å². The van der Waals surface area contributed by atoms with E-state index in [0.717, 1.165) is 42.9 Å². The number of rotatable bonds is 15. The zero-order valence-electron chi connectivity index (χ0n) is 33.5. The number of carbonyl (C=O) groups excluding carboxylic acids is 1. The number of nitrogen functional groups attached to an aromatic ring is 1. The van der Waals surface area contributed by atoms with Crippen LogP contribution in [0.1, 0.15) is 89.4 Å². The Bertz CT molecular complexity index is 2310. The number of fused-ring (bicyclic) bond motifs is 5. The van der Waals surface area contributed by atoms with Crippen molar-refractivity contribution in [1.82, 2.24) is 39.0 Å². The van der Waals surface area contributed by atoms with Gasteiger partial charge < -0.3 is 39.1 Å². The average molecular weight is 920 g/mol. The second-order valence-corrected chi connectivity index (χ2v) is 21.0. The lowest BCUT2D eigenvalue weighted by Gasteiger charge is -2.26. The minimum atomic E-state index is -5.23. The summed E-state index contributed by atoms with van der Waals surface area (Å²) in [4.78, 5) is 59.2. The standard InChI is InChI=1S/C35H49F2N9O12P2S/c1-3-4-5-6-7-8-9-10-11-12-23(47)53-19-61-59(49)18-52-28-22(57-34(25(28)37)45-16-41-26-30(38)39-15-40-31(26)45)14-55-60(50,51)58-29-24(36)21(13-54-59)56-35(29)46-17-42-27-32(46)43-20(2)44-33(27)48/h15-17,21-22,24-25,28-29,34-35H,3-14,18-19H2,1-2H3,(H,50,51)(H2,38,39,40)(H,43,44,48)/t21-,22-,24-,25-,28-,29-,34-,35-,59?/m1/s1. The maximum atomic E-state index is 16.5. The molecule has 3 fully saturated rings. The number of nitrogens with zero attached hydrogens (tertiary/aromatic N) is 7. The highest BCUT2D eigenvalue weighted by atomic mass is 32.7. The summed E-state index contributed by atoms with van der Waals surface area (Å²) in [5.74, 6) is -0.767. The third-order valence-corrected chi connectivity index (χ3v) is 15.2. The third kappa shape index (κ3) is 10.7. The van der Waals surface area contributed by atoms with Gasteiger partial charge in [-0.1, -0.05) is 58.3 Å². The molecule has 4 N–H and O–H groups in total. The van der Waals surface area contributed by atoms with E-state index in [-0.39, 0.29) is 40.4 Å². The van der Waals surface area contributed by atoms with E-state index in [4.69, 9.17) is 38.3 Å². The first-order valence-electron chi connectivity index (χ1n) is 20.0. The SMILES string of the molecule is CCCCCCCCCCCC(=O)OCSP1(=O)CO[C@H]2[C@@H](F)[C@H](n3cnc4c(N)ncnc43)O[C@@H]2COP(=O)(O)O[C@@H]2[C@H](F)[C@@H](CO1)O[C@H]2n1cnc2c(=O)[nH]c(C)nc21. The number of hydrogen-bond donors (Lipinski definition) is 3. The first-order chi connectivity index (χ1) is 29.3. The number of carbonyl (C=O) groups is 1. The van der Waals surface area contributed by atoms with Crippen molar-refractivity contribution in [2.75, 3.05) is 31.2 Å². The number of aryl methyl sites for hydroxylation is 1. The number of imidazole rings is 2. The zero-order valence-corrected chi connectivity index (χ0v) is 36.1. The summed E-state index contributed by atoms with van der Waals surface area (Å²) in [6, 6.07) is 0. The van der Waals surface area contributed by atoms with E-state index in [0.29, 0.717) is 17.8 Å². The number of aromatic nitrogens is 8. The summed E-state index contributed by atoms with van der Waals surface area (Å²) in [5, 5.41) is 0. The Hall–Kier alpha value is -3.44. The monoisotopic (exact) mass is 919 g/mol. The van der Waals surface area contributed by atoms with Gasteiger partial charge in [-0.05, 0) is 24.7 Å². The largest absolute Gasteiger partial charge is 0.472 e. The number of aromatic amines is 1. The molecule has 0 radical (unpaired) electrons. The van der Waals surface area contributed by atoms with Gasteiger partial charge in [0.05, 0.1) is 25.9 Å². The lowest BCUT2D eigenvalue weighted by Crippen LogP contribution is -2.36. The highest BCUT2D eigenvalue weighted by Gasteiger charge is 2.54. The molecule has 2 bridgehead atoms. The number of nitrogens with two attached hydrogens (primary N) is 1. The fraction of sp³-hybridized carbons (Fsp3) is 0.686. The van der Waals surface area contributed by atoms with Crippen LogP contribution in [0.2, 0.25) is 0 Å². The average Bonchev–Trinajstić information content (AvgIpc) is 3.99. The quantitative estimate of drug-likeness (QED) is 0.0571. The van der Waals surface area contributed by atoms with Crippen LogP contribution in [0.5, 0.6) is 0 Å². The van der Waals surface area contributed by atoms with Gasteiger partial charge in [-0.2, -0.15) is 0 Å². The molecule has 0 saturated carbocycles. The minimum Gasteiger partial charge on any atom is -0.454 e. The zero-order chi connectivity index (χ0) is 43.3. The molecule has 3 saturated heterocycles. The van der Waals surface area contributed by atoms with Crippen molar-refractivity contribution in [3.05, 3.63) is 35.2 Å². The van der Waals surface area contributed by atoms with E-state index in [1.165, 1.54) is 43.5 Å². The molecule has 0 amide bonds. The number of anilines is 1. The normalized spacial score (nSPS) is 31.0. The first-order valence-corrected chi connectivity index (χ1v) is 24.9. The number of hydrogen-bond acceptors (Lipinski definition) is 18. The highest BCUT2D eigenvalue weighted by molar-refractivity contribution is 8.56. The number of alkyl halides is 2. The molecule has 61 heavy (non-hydrogen) atoms. The van der Waals surface area contributed by atoms with Crippen molar-refractivity contribution < 1.29 is 60.1 Å². The number of nitrogens with one attached hydrogen (secondary N) is 1. The van der Waals surface area contributed by atoms with Crippen LogP contribution in [0, 0.1) is 6.92 Å². The fourth-order valence-electron chi connectivity index (χ4n) is 7.35. The summed E-state index contributed by atoms with van der Waals surface area (Å²) in [6.07, 6.45) is -1.66. The summed E-state index contributed by atoms with van der Waals surface area (Å²) in [5.41, 5.74) is 5.38. The minimum absolute atomic E-state index is 0.0156. The van der Waals surface area contributed by atoms with Gasteiger partial charge in [0.1, 0.15) is 54.4 Å². The van der Waals surface area contributed by atoms with Crippen molar-refractivity contribution in [3.8, 4) is 0 Å². The van der Waals surface area contributed by atoms with Gasteiger partial charge >= 0.3 is 13.8 Å². The smallest absolute Gasteiger partial charge is 0.454 e. The summed E-state index contributed by atoms with van der Waals surface area (Å²) in [6.45, 7) is -2.11. The molecule has 3 aliphatic rings. The molecular formula is C35H49F2N9O12P2S. The number of phosphoric acid groups is 1. The van der Waals surface area contributed by atoms with E-state index >= 15 is 8.78 Å². The number of halogens is 2. The van der Waals surface area contributed by atoms with Crippen LogP contribution in [0.25, 0.3) is 22.3 Å². The lowest BCUT2D eigenvalue weighted by molar-refractivity contribution is -0.141. The van der Waals surface area contributed by atoms with E-state index in [9.17, 15) is 23.6 Å². The molecule has 0 aliphatic carbocycles.